The van der Waals surface area contributed by atoms with E-state index in [1.54, 1.807) is 0 Å². The normalized spacial score (nSPS) is 20.9. The fourth-order valence-electron chi connectivity index (χ4n) is 2.21. The van der Waals surface area contributed by atoms with Crippen LogP contribution in [0.2, 0.25) is 0 Å². The number of piperidine rings is 1. The molecular formula is C12H24N2O. The van der Waals surface area contributed by atoms with Crippen molar-refractivity contribution in [3.8, 4) is 0 Å². The Bertz CT molecular complexity index is 206. The summed E-state index contributed by atoms with van der Waals surface area (Å²) in [6.45, 7) is 7.17. The van der Waals surface area contributed by atoms with Gasteiger partial charge in [0.25, 0.3) is 0 Å². The Hall–Kier alpha value is -0.410. The van der Waals surface area contributed by atoms with Crippen LogP contribution in [-0.2, 0) is 4.79 Å². The SMILES string of the molecule is CN(C)C1CCN(CC(C)(C)C=O)CC1. The molecule has 0 aromatic heterocycles. The van der Waals surface area contributed by atoms with Gasteiger partial charge in [-0.25, -0.2) is 0 Å². The Morgan fingerprint density at radius 2 is 1.87 bits per heavy atom. The molecule has 0 aromatic carbocycles. The van der Waals surface area contributed by atoms with Gasteiger partial charge >= 0.3 is 0 Å². The third kappa shape index (κ3) is 3.92. The van der Waals surface area contributed by atoms with E-state index in [4.69, 9.17) is 0 Å². The van der Waals surface area contributed by atoms with Crippen LogP contribution in [0.25, 0.3) is 0 Å². The number of aldehydes is 1. The molecule has 3 nitrogen and oxygen atoms in total. The van der Waals surface area contributed by atoms with Gasteiger partial charge in [0.1, 0.15) is 6.29 Å². The van der Waals surface area contributed by atoms with Gasteiger partial charge in [-0.15, -0.1) is 0 Å². The molecule has 1 fully saturated rings. The van der Waals surface area contributed by atoms with E-state index in [1.807, 2.05) is 13.8 Å². The molecule has 1 saturated heterocycles. The van der Waals surface area contributed by atoms with Crippen molar-refractivity contribution >= 4 is 6.29 Å². The summed E-state index contributed by atoms with van der Waals surface area (Å²) in [5.74, 6) is 0. The van der Waals surface area contributed by atoms with Crippen LogP contribution in [0, 0.1) is 5.41 Å². The Labute approximate surface area is 93.4 Å². The Balaban J connectivity index is 2.35. The minimum atomic E-state index is -0.190. The first kappa shape index (κ1) is 12.7. The Kier molecular flexibility index (Phi) is 4.29. The van der Waals surface area contributed by atoms with E-state index in [2.05, 4.69) is 23.9 Å². The summed E-state index contributed by atoms with van der Waals surface area (Å²) in [7, 11) is 4.30. The highest BCUT2D eigenvalue weighted by Crippen LogP contribution is 2.19. The molecule has 0 aromatic rings. The zero-order valence-electron chi connectivity index (χ0n) is 10.5. The molecule has 1 rings (SSSR count). The van der Waals surface area contributed by atoms with Crippen molar-refractivity contribution in [3.05, 3.63) is 0 Å². The van der Waals surface area contributed by atoms with Crippen LogP contribution in [0.4, 0.5) is 0 Å². The van der Waals surface area contributed by atoms with Crippen molar-refractivity contribution in [3.63, 3.8) is 0 Å². The largest absolute Gasteiger partial charge is 0.306 e. The molecule has 15 heavy (non-hydrogen) atoms. The molecule has 0 unspecified atom stereocenters. The molecule has 1 heterocycles. The van der Waals surface area contributed by atoms with Crippen molar-refractivity contribution in [2.45, 2.75) is 32.7 Å². The highest BCUT2D eigenvalue weighted by Gasteiger charge is 2.25. The second-order valence-corrected chi connectivity index (χ2v) is 5.58. The predicted octanol–water partition coefficient (Wildman–Crippen LogP) is 1.24. The zero-order valence-corrected chi connectivity index (χ0v) is 10.5. The van der Waals surface area contributed by atoms with Crippen molar-refractivity contribution in [1.82, 2.24) is 9.80 Å². The van der Waals surface area contributed by atoms with Crippen LogP contribution in [-0.4, -0.2) is 55.9 Å². The first-order valence-corrected chi connectivity index (χ1v) is 5.80. The zero-order chi connectivity index (χ0) is 11.5. The lowest BCUT2D eigenvalue weighted by molar-refractivity contribution is -0.115. The number of nitrogens with zero attached hydrogens (tertiary/aromatic N) is 2. The van der Waals surface area contributed by atoms with E-state index in [-0.39, 0.29) is 5.41 Å². The van der Waals surface area contributed by atoms with Crippen LogP contribution >= 0.6 is 0 Å². The Morgan fingerprint density at radius 3 is 2.27 bits per heavy atom. The van der Waals surface area contributed by atoms with E-state index in [0.29, 0.717) is 0 Å². The summed E-state index contributed by atoms with van der Waals surface area (Å²) in [5, 5.41) is 0. The lowest BCUT2D eigenvalue weighted by atomic mass is 9.93. The summed E-state index contributed by atoms with van der Waals surface area (Å²) >= 11 is 0. The molecule has 0 N–H and O–H groups in total. The third-order valence-corrected chi connectivity index (χ3v) is 3.24. The number of hydrogen-bond donors (Lipinski definition) is 0. The number of likely N-dealkylation sites (tertiary alicyclic amines) is 1. The molecule has 1 aliphatic rings. The van der Waals surface area contributed by atoms with Gasteiger partial charge in [-0.3, -0.25) is 0 Å². The van der Waals surface area contributed by atoms with Crippen molar-refractivity contribution in [2.75, 3.05) is 33.7 Å². The molecule has 88 valence electrons. The molecular weight excluding hydrogens is 188 g/mol. The van der Waals surface area contributed by atoms with Crippen molar-refractivity contribution in [1.29, 1.82) is 0 Å². The summed E-state index contributed by atoms with van der Waals surface area (Å²) < 4.78 is 0. The number of rotatable bonds is 4. The smallest absolute Gasteiger partial charge is 0.126 e. The first-order valence-electron chi connectivity index (χ1n) is 5.80. The molecule has 0 spiro atoms. The maximum Gasteiger partial charge on any atom is 0.126 e. The number of carbonyl (C=O) groups excluding carboxylic acids is 1. The van der Waals surface area contributed by atoms with Gasteiger partial charge < -0.3 is 14.6 Å². The average Bonchev–Trinajstić information content (AvgIpc) is 2.18. The van der Waals surface area contributed by atoms with Crippen LogP contribution in [0.15, 0.2) is 0 Å². The van der Waals surface area contributed by atoms with E-state index in [9.17, 15) is 4.79 Å². The van der Waals surface area contributed by atoms with Gasteiger partial charge in [-0.2, -0.15) is 0 Å². The summed E-state index contributed by atoms with van der Waals surface area (Å²) in [4.78, 5) is 15.6. The molecule has 3 heteroatoms. The van der Waals surface area contributed by atoms with Crippen LogP contribution < -0.4 is 0 Å². The van der Waals surface area contributed by atoms with Crippen LogP contribution in [0.1, 0.15) is 26.7 Å². The van der Waals surface area contributed by atoms with Crippen molar-refractivity contribution in [2.24, 2.45) is 5.41 Å². The fraction of sp³-hybridized carbons (Fsp3) is 0.917. The lowest BCUT2D eigenvalue weighted by Gasteiger charge is -2.37. The summed E-state index contributed by atoms with van der Waals surface area (Å²) in [6, 6.07) is 0.723. The van der Waals surface area contributed by atoms with Gasteiger partial charge in [0, 0.05) is 18.0 Å². The van der Waals surface area contributed by atoms with E-state index in [1.165, 1.54) is 12.8 Å². The molecule has 0 bridgehead atoms. The molecule has 0 atom stereocenters. The molecule has 0 aliphatic carbocycles. The van der Waals surface area contributed by atoms with Gasteiger partial charge in [-0.05, 0) is 40.0 Å². The quantitative estimate of drug-likeness (QED) is 0.655. The average molecular weight is 212 g/mol. The van der Waals surface area contributed by atoms with E-state index < -0.39 is 0 Å². The van der Waals surface area contributed by atoms with Crippen LogP contribution in [0.5, 0.6) is 0 Å². The first-order chi connectivity index (χ1) is 6.94. The van der Waals surface area contributed by atoms with Crippen molar-refractivity contribution < 1.29 is 4.79 Å². The van der Waals surface area contributed by atoms with E-state index in [0.717, 1.165) is 32.0 Å². The lowest BCUT2D eigenvalue weighted by Crippen LogP contribution is -2.45. The van der Waals surface area contributed by atoms with E-state index >= 15 is 0 Å². The molecule has 0 saturated carbocycles. The molecule has 0 radical (unpaired) electrons. The predicted molar refractivity (Wildman–Crippen MR) is 63.0 cm³/mol. The minimum Gasteiger partial charge on any atom is -0.306 e. The van der Waals surface area contributed by atoms with Gasteiger partial charge in [0.05, 0.1) is 0 Å². The highest BCUT2D eigenvalue weighted by atomic mass is 16.1. The van der Waals surface area contributed by atoms with Gasteiger partial charge in [0.15, 0.2) is 0 Å². The topological polar surface area (TPSA) is 23.6 Å². The third-order valence-electron chi connectivity index (χ3n) is 3.24. The highest BCUT2D eigenvalue weighted by molar-refractivity contribution is 5.58. The minimum absolute atomic E-state index is 0.190. The van der Waals surface area contributed by atoms with Crippen LogP contribution in [0.3, 0.4) is 0 Å². The fourth-order valence-corrected chi connectivity index (χ4v) is 2.21. The summed E-state index contributed by atoms with van der Waals surface area (Å²) in [5.41, 5.74) is -0.190. The monoisotopic (exact) mass is 212 g/mol. The number of carbonyl (C=O) groups is 1. The maximum atomic E-state index is 10.8. The second-order valence-electron chi connectivity index (χ2n) is 5.58. The standard InChI is InChI=1S/C12H24N2O/c1-12(2,10-15)9-14-7-5-11(6-8-14)13(3)4/h10-11H,5-9H2,1-4H3. The van der Waals surface area contributed by atoms with Gasteiger partial charge in [0.2, 0.25) is 0 Å². The second kappa shape index (κ2) is 5.08. The molecule has 1 aliphatic heterocycles. The van der Waals surface area contributed by atoms with Gasteiger partial charge in [-0.1, -0.05) is 13.8 Å². The maximum absolute atomic E-state index is 10.8. The number of hydrogen-bond acceptors (Lipinski definition) is 3. The summed E-state index contributed by atoms with van der Waals surface area (Å²) in [6.07, 6.45) is 3.52. The Morgan fingerprint density at radius 1 is 1.33 bits per heavy atom. The molecule has 0 amide bonds.